The minimum atomic E-state index is -0.538. The van der Waals surface area contributed by atoms with Gasteiger partial charge in [0.25, 0.3) is 0 Å². The van der Waals surface area contributed by atoms with E-state index in [4.69, 9.17) is 4.74 Å². The maximum Gasteiger partial charge on any atom is 0.162 e. The summed E-state index contributed by atoms with van der Waals surface area (Å²) < 4.78 is 40.6. The molecule has 0 fully saturated rings. The number of aromatic nitrogens is 4. The predicted octanol–water partition coefficient (Wildman–Crippen LogP) is 4.61. The van der Waals surface area contributed by atoms with Crippen LogP contribution in [0.1, 0.15) is 31.1 Å². The second-order valence-electron chi connectivity index (χ2n) is 8.79. The van der Waals surface area contributed by atoms with Crippen LogP contribution >= 0.6 is 0 Å². The first-order valence-electron chi connectivity index (χ1n) is 10.2. The minimum absolute atomic E-state index is 0.280. The summed E-state index contributed by atoms with van der Waals surface area (Å²) >= 11 is 0. The predicted molar refractivity (Wildman–Crippen MR) is 114 cm³/mol. The lowest BCUT2D eigenvalue weighted by Gasteiger charge is -2.35. The van der Waals surface area contributed by atoms with Crippen molar-refractivity contribution in [3.8, 4) is 22.6 Å². The lowest BCUT2D eigenvalue weighted by atomic mass is 9.91. The summed E-state index contributed by atoms with van der Waals surface area (Å²) in [4.78, 5) is 0. The molecule has 2 aliphatic heterocycles. The molecule has 0 saturated heterocycles. The molecule has 31 heavy (non-hydrogen) atoms. The quantitative estimate of drug-likeness (QED) is 0.488. The van der Waals surface area contributed by atoms with Gasteiger partial charge in [0.05, 0.1) is 28.9 Å². The van der Waals surface area contributed by atoms with Crippen molar-refractivity contribution in [2.75, 3.05) is 11.9 Å². The maximum absolute atomic E-state index is 16.4. The first kappa shape index (κ1) is 18.4. The van der Waals surface area contributed by atoms with Gasteiger partial charge in [0.15, 0.2) is 11.6 Å². The Morgan fingerprint density at radius 1 is 1.19 bits per heavy atom. The fourth-order valence-electron chi connectivity index (χ4n) is 4.92. The summed E-state index contributed by atoms with van der Waals surface area (Å²) in [6.45, 7) is 6.23. The van der Waals surface area contributed by atoms with E-state index in [1.165, 1.54) is 12.1 Å². The number of rotatable bonds is 1. The molecule has 0 amide bonds. The highest BCUT2D eigenvalue weighted by Gasteiger charge is 2.40. The summed E-state index contributed by atoms with van der Waals surface area (Å²) in [7, 11) is 1.84. The van der Waals surface area contributed by atoms with E-state index in [2.05, 4.69) is 15.5 Å². The third kappa shape index (κ3) is 2.30. The summed E-state index contributed by atoms with van der Waals surface area (Å²) in [5.41, 5.74) is 2.86. The standard InChI is InChI=1S/C23H21F2N5O/c1-11-27-28-22-23(2,3)26-19-14-6-8-31-21(14)17(18(25)20(19)30(11)22)15-9-12(24)10-16-13(15)5-7-29(16)4/h5,7,9-10,26H,6,8H2,1-4H3. The van der Waals surface area contributed by atoms with Crippen molar-refractivity contribution < 1.29 is 13.5 Å². The average Bonchev–Trinajstić information content (AvgIpc) is 3.42. The Kier molecular flexibility index (Phi) is 3.46. The van der Waals surface area contributed by atoms with Crippen molar-refractivity contribution >= 4 is 16.6 Å². The molecule has 4 aromatic rings. The highest BCUT2D eigenvalue weighted by Crippen LogP contribution is 2.51. The molecule has 0 unspecified atom stereocenters. The highest BCUT2D eigenvalue weighted by molar-refractivity contribution is 5.99. The molecule has 8 heteroatoms. The van der Waals surface area contributed by atoms with E-state index in [1.54, 1.807) is 4.57 Å². The molecule has 0 radical (unpaired) electrons. The van der Waals surface area contributed by atoms with Gasteiger partial charge >= 0.3 is 0 Å². The highest BCUT2D eigenvalue weighted by atomic mass is 19.1. The van der Waals surface area contributed by atoms with Gasteiger partial charge in [-0.2, -0.15) is 0 Å². The lowest BCUT2D eigenvalue weighted by Crippen LogP contribution is -2.37. The molecule has 2 aromatic heterocycles. The van der Waals surface area contributed by atoms with Crippen LogP contribution in [0.2, 0.25) is 0 Å². The van der Waals surface area contributed by atoms with Crippen LogP contribution in [0.15, 0.2) is 24.4 Å². The van der Waals surface area contributed by atoms with Crippen LogP contribution in [0, 0.1) is 18.6 Å². The largest absolute Gasteiger partial charge is 0.492 e. The second kappa shape index (κ2) is 5.84. The number of benzene rings is 2. The van der Waals surface area contributed by atoms with Crippen LogP contribution in [0.3, 0.4) is 0 Å². The monoisotopic (exact) mass is 421 g/mol. The molecule has 2 aromatic carbocycles. The van der Waals surface area contributed by atoms with Crippen LogP contribution in [0.5, 0.6) is 5.75 Å². The average molecular weight is 421 g/mol. The van der Waals surface area contributed by atoms with E-state index in [9.17, 15) is 4.39 Å². The molecule has 4 heterocycles. The zero-order valence-corrected chi connectivity index (χ0v) is 17.7. The Morgan fingerprint density at radius 3 is 2.81 bits per heavy atom. The zero-order chi connectivity index (χ0) is 21.7. The first-order valence-corrected chi connectivity index (χ1v) is 10.2. The normalized spacial score (nSPS) is 15.9. The number of hydrogen-bond acceptors (Lipinski definition) is 4. The molecular formula is C23H21F2N5O. The third-order valence-corrected chi connectivity index (χ3v) is 6.35. The number of fused-ring (bicyclic) bond motifs is 6. The summed E-state index contributed by atoms with van der Waals surface area (Å²) in [6, 6.07) is 4.72. The number of nitrogens with zero attached hydrogens (tertiary/aromatic N) is 4. The van der Waals surface area contributed by atoms with Crippen LogP contribution in [0.4, 0.5) is 14.5 Å². The van der Waals surface area contributed by atoms with Gasteiger partial charge in [0, 0.05) is 36.2 Å². The number of nitrogens with one attached hydrogen (secondary N) is 1. The Hall–Kier alpha value is -3.42. The molecule has 0 bridgehead atoms. The molecule has 2 aliphatic rings. The van der Waals surface area contributed by atoms with Gasteiger partial charge in [-0.15, -0.1) is 10.2 Å². The van der Waals surface area contributed by atoms with E-state index < -0.39 is 17.2 Å². The number of anilines is 1. The molecule has 6 nitrogen and oxygen atoms in total. The van der Waals surface area contributed by atoms with E-state index in [0.717, 1.165) is 10.9 Å². The zero-order valence-electron chi connectivity index (χ0n) is 17.7. The van der Waals surface area contributed by atoms with E-state index in [0.29, 0.717) is 52.9 Å². The fourth-order valence-corrected chi connectivity index (χ4v) is 4.92. The van der Waals surface area contributed by atoms with Gasteiger partial charge in [-0.25, -0.2) is 8.78 Å². The molecule has 0 atom stereocenters. The van der Waals surface area contributed by atoms with Crippen LogP contribution in [0.25, 0.3) is 27.7 Å². The van der Waals surface area contributed by atoms with Gasteiger partial charge in [0.2, 0.25) is 0 Å². The van der Waals surface area contributed by atoms with Crippen molar-refractivity contribution in [3.05, 3.63) is 53.2 Å². The van der Waals surface area contributed by atoms with Crippen molar-refractivity contribution in [2.24, 2.45) is 7.05 Å². The first-order chi connectivity index (χ1) is 14.8. The SMILES string of the molecule is Cc1nnc2n1-c1c(F)c(-c3cc(F)cc4c3ccn4C)c3c(c1NC2(C)C)CCO3. The van der Waals surface area contributed by atoms with Crippen molar-refractivity contribution in [3.63, 3.8) is 0 Å². The van der Waals surface area contributed by atoms with E-state index >= 15 is 4.39 Å². The van der Waals surface area contributed by atoms with Gasteiger partial charge in [-0.1, -0.05) is 0 Å². The van der Waals surface area contributed by atoms with Crippen LogP contribution in [-0.4, -0.2) is 25.9 Å². The second-order valence-corrected chi connectivity index (χ2v) is 8.79. The Morgan fingerprint density at radius 2 is 2.00 bits per heavy atom. The van der Waals surface area contributed by atoms with Gasteiger partial charge in [-0.3, -0.25) is 4.57 Å². The number of hydrogen-bond donors (Lipinski definition) is 1. The topological polar surface area (TPSA) is 56.9 Å². The smallest absolute Gasteiger partial charge is 0.162 e. The molecular weight excluding hydrogens is 400 g/mol. The van der Waals surface area contributed by atoms with E-state index in [-0.39, 0.29) is 5.56 Å². The Labute approximate surface area is 177 Å². The lowest BCUT2D eigenvalue weighted by molar-refractivity contribution is 0.356. The molecule has 0 saturated carbocycles. The van der Waals surface area contributed by atoms with Crippen molar-refractivity contribution in [2.45, 2.75) is 32.7 Å². The van der Waals surface area contributed by atoms with Crippen LogP contribution in [-0.2, 0) is 19.0 Å². The van der Waals surface area contributed by atoms with E-state index in [1.807, 2.05) is 44.6 Å². The molecule has 1 N–H and O–H groups in total. The Balaban J connectivity index is 1.76. The van der Waals surface area contributed by atoms with Crippen molar-refractivity contribution in [1.29, 1.82) is 0 Å². The maximum atomic E-state index is 16.4. The summed E-state index contributed by atoms with van der Waals surface area (Å²) in [6.07, 6.45) is 2.48. The summed E-state index contributed by atoms with van der Waals surface area (Å²) in [5, 5.41) is 12.7. The number of aryl methyl sites for hydroxylation is 2. The van der Waals surface area contributed by atoms with Gasteiger partial charge < -0.3 is 14.6 Å². The molecule has 158 valence electrons. The molecule has 0 spiro atoms. The third-order valence-electron chi connectivity index (χ3n) is 6.35. The van der Waals surface area contributed by atoms with Gasteiger partial charge in [0.1, 0.15) is 23.1 Å². The Bertz CT molecular complexity index is 1420. The molecule has 6 rings (SSSR count). The molecule has 0 aliphatic carbocycles. The number of halogens is 2. The minimum Gasteiger partial charge on any atom is -0.492 e. The van der Waals surface area contributed by atoms with Crippen molar-refractivity contribution in [1.82, 2.24) is 19.3 Å². The fraction of sp³-hybridized carbons (Fsp3) is 0.304. The summed E-state index contributed by atoms with van der Waals surface area (Å²) in [5.74, 6) is 0.806. The van der Waals surface area contributed by atoms with Gasteiger partial charge in [-0.05, 0) is 39.0 Å². The number of ether oxygens (including phenoxy) is 1. The van der Waals surface area contributed by atoms with Crippen LogP contribution < -0.4 is 10.1 Å².